The molecule has 0 aliphatic carbocycles. The molecule has 0 radical (unpaired) electrons. The number of nitrogens with zero attached hydrogens (tertiary/aromatic N) is 2. The predicted molar refractivity (Wildman–Crippen MR) is 69.1 cm³/mol. The lowest BCUT2D eigenvalue weighted by Crippen LogP contribution is -2.25. The average Bonchev–Trinajstić information content (AvgIpc) is 2.74. The number of carbonyl (C=O) groups is 1. The van der Waals surface area contributed by atoms with Gasteiger partial charge in [-0.3, -0.25) is 9.48 Å². The summed E-state index contributed by atoms with van der Waals surface area (Å²) < 4.78 is 7.09. The highest BCUT2D eigenvalue weighted by molar-refractivity contribution is 6.30. The molecule has 0 fully saturated rings. The van der Waals surface area contributed by atoms with E-state index in [2.05, 4.69) is 5.10 Å². The molecule has 0 aliphatic rings. The van der Waals surface area contributed by atoms with E-state index in [-0.39, 0.29) is 5.78 Å². The van der Waals surface area contributed by atoms with Crippen molar-refractivity contribution < 1.29 is 9.53 Å². The first-order valence-electron chi connectivity index (χ1n) is 5.52. The number of aryl methyl sites for hydroxylation is 1. The molecule has 0 amide bonds. The van der Waals surface area contributed by atoms with Gasteiger partial charge in [-0.1, -0.05) is 17.7 Å². The van der Waals surface area contributed by atoms with Crippen molar-refractivity contribution in [2.75, 3.05) is 0 Å². The molecule has 1 atom stereocenters. The topological polar surface area (TPSA) is 44.1 Å². The number of ketones is 1. The molecule has 5 heteroatoms. The number of aromatic nitrogens is 2. The summed E-state index contributed by atoms with van der Waals surface area (Å²) in [6.07, 6.45) is 0.998. The van der Waals surface area contributed by atoms with Gasteiger partial charge in [0.25, 0.3) is 0 Å². The van der Waals surface area contributed by atoms with E-state index in [1.165, 1.54) is 4.68 Å². The summed E-state index contributed by atoms with van der Waals surface area (Å²) in [5, 5.41) is 4.54. The first-order chi connectivity index (χ1) is 8.58. The number of Topliss-reactive ketones (excluding diaryl/α,β-unsaturated/α-hetero) is 1. The minimum absolute atomic E-state index is 0.116. The molecule has 0 saturated carbocycles. The van der Waals surface area contributed by atoms with Gasteiger partial charge >= 0.3 is 0 Å². The molecule has 0 spiro atoms. The molecule has 0 aliphatic heterocycles. The largest absolute Gasteiger partial charge is 0.482 e. The number of hydrogen-bond donors (Lipinski definition) is 0. The molecule has 1 heterocycles. The van der Waals surface area contributed by atoms with Crippen molar-refractivity contribution in [3.63, 3.8) is 0 Å². The van der Waals surface area contributed by atoms with Gasteiger partial charge in [-0.2, -0.15) is 5.10 Å². The molecule has 18 heavy (non-hydrogen) atoms. The van der Waals surface area contributed by atoms with Gasteiger partial charge in [0.05, 0.1) is 0 Å². The molecule has 4 nitrogen and oxygen atoms in total. The van der Waals surface area contributed by atoms with Crippen LogP contribution >= 0.6 is 11.6 Å². The van der Waals surface area contributed by atoms with Gasteiger partial charge in [0.1, 0.15) is 11.4 Å². The van der Waals surface area contributed by atoms with Crippen LogP contribution in [0.3, 0.4) is 0 Å². The Kier molecular flexibility index (Phi) is 3.67. The van der Waals surface area contributed by atoms with Crippen molar-refractivity contribution in [3.05, 3.63) is 47.2 Å². The second kappa shape index (κ2) is 5.23. The van der Waals surface area contributed by atoms with Gasteiger partial charge in [-0.15, -0.1) is 0 Å². The van der Waals surface area contributed by atoms with Crippen LogP contribution in [0.25, 0.3) is 0 Å². The number of ether oxygens (including phenoxy) is 1. The molecular weight excluding hydrogens is 252 g/mol. The summed E-state index contributed by atoms with van der Waals surface area (Å²) in [4.78, 5) is 12.1. The first-order valence-corrected chi connectivity index (χ1v) is 5.90. The summed E-state index contributed by atoms with van der Waals surface area (Å²) in [7, 11) is 1.72. The van der Waals surface area contributed by atoms with Gasteiger partial charge in [0.15, 0.2) is 6.10 Å². The molecule has 2 aromatic rings. The van der Waals surface area contributed by atoms with E-state index in [4.69, 9.17) is 16.3 Å². The van der Waals surface area contributed by atoms with E-state index >= 15 is 0 Å². The molecule has 2 rings (SSSR count). The van der Waals surface area contributed by atoms with Gasteiger partial charge in [0, 0.05) is 18.3 Å². The van der Waals surface area contributed by atoms with Gasteiger partial charge in [-0.05, 0) is 31.2 Å². The minimum Gasteiger partial charge on any atom is -0.482 e. The van der Waals surface area contributed by atoms with Crippen molar-refractivity contribution in [2.24, 2.45) is 7.05 Å². The van der Waals surface area contributed by atoms with E-state index in [1.807, 2.05) is 0 Å². The number of benzene rings is 1. The van der Waals surface area contributed by atoms with Crippen molar-refractivity contribution in [2.45, 2.75) is 13.0 Å². The molecule has 1 aromatic carbocycles. The molecule has 1 aromatic heterocycles. The zero-order valence-corrected chi connectivity index (χ0v) is 10.9. The van der Waals surface area contributed by atoms with E-state index in [1.54, 1.807) is 50.5 Å². The monoisotopic (exact) mass is 264 g/mol. The molecule has 0 saturated heterocycles. The zero-order chi connectivity index (χ0) is 13.1. The highest BCUT2D eigenvalue weighted by Crippen LogP contribution is 2.19. The van der Waals surface area contributed by atoms with Crippen LogP contribution in [0.1, 0.15) is 17.4 Å². The lowest BCUT2D eigenvalue weighted by molar-refractivity contribution is 0.0808. The van der Waals surface area contributed by atoms with Crippen LogP contribution in [0, 0.1) is 0 Å². The van der Waals surface area contributed by atoms with Crippen LogP contribution < -0.4 is 4.74 Å². The van der Waals surface area contributed by atoms with Crippen LogP contribution in [0.15, 0.2) is 36.5 Å². The Morgan fingerprint density at radius 3 is 2.83 bits per heavy atom. The zero-order valence-electron chi connectivity index (χ0n) is 10.1. The Labute approximate surface area is 110 Å². The summed E-state index contributed by atoms with van der Waals surface area (Å²) in [6, 6.07) is 8.63. The lowest BCUT2D eigenvalue weighted by atomic mass is 10.2. The first kappa shape index (κ1) is 12.6. The highest BCUT2D eigenvalue weighted by Gasteiger charge is 2.19. The normalized spacial score (nSPS) is 12.2. The van der Waals surface area contributed by atoms with E-state index in [0.29, 0.717) is 16.5 Å². The van der Waals surface area contributed by atoms with Crippen molar-refractivity contribution in [3.8, 4) is 5.75 Å². The van der Waals surface area contributed by atoms with Crippen molar-refractivity contribution in [1.29, 1.82) is 0 Å². The fourth-order valence-electron chi connectivity index (χ4n) is 1.62. The fraction of sp³-hybridized carbons (Fsp3) is 0.231. The molecule has 94 valence electrons. The molecular formula is C13H13ClN2O2. The van der Waals surface area contributed by atoms with Gasteiger partial charge < -0.3 is 4.74 Å². The smallest absolute Gasteiger partial charge is 0.220 e. The number of halogens is 1. The maximum Gasteiger partial charge on any atom is 0.220 e. The Hall–Kier alpha value is -1.81. The second-order valence-electron chi connectivity index (χ2n) is 3.92. The van der Waals surface area contributed by atoms with Crippen LogP contribution in [0.5, 0.6) is 5.75 Å². The molecule has 0 N–H and O–H groups in total. The Bertz CT molecular complexity index is 566. The third-order valence-corrected chi connectivity index (χ3v) is 2.79. The molecule has 1 unspecified atom stereocenters. The maximum atomic E-state index is 12.1. The second-order valence-corrected chi connectivity index (χ2v) is 4.36. The summed E-state index contributed by atoms with van der Waals surface area (Å²) in [5.41, 5.74) is 0.518. The Morgan fingerprint density at radius 1 is 1.44 bits per heavy atom. The Morgan fingerprint density at radius 2 is 2.22 bits per heavy atom. The van der Waals surface area contributed by atoms with Gasteiger partial charge in [-0.25, -0.2) is 0 Å². The minimum atomic E-state index is -0.584. The van der Waals surface area contributed by atoms with Crippen LogP contribution in [-0.4, -0.2) is 21.7 Å². The number of hydrogen-bond acceptors (Lipinski definition) is 3. The summed E-state index contributed by atoms with van der Waals surface area (Å²) >= 11 is 5.85. The summed E-state index contributed by atoms with van der Waals surface area (Å²) in [6.45, 7) is 1.70. The lowest BCUT2D eigenvalue weighted by Gasteiger charge is -2.13. The van der Waals surface area contributed by atoms with Crippen LogP contribution in [0.2, 0.25) is 5.02 Å². The van der Waals surface area contributed by atoms with E-state index < -0.39 is 6.10 Å². The van der Waals surface area contributed by atoms with E-state index in [9.17, 15) is 4.79 Å². The van der Waals surface area contributed by atoms with Crippen molar-refractivity contribution in [1.82, 2.24) is 9.78 Å². The summed E-state index contributed by atoms with van der Waals surface area (Å²) in [5.74, 6) is 0.459. The highest BCUT2D eigenvalue weighted by atomic mass is 35.5. The third kappa shape index (κ3) is 2.71. The van der Waals surface area contributed by atoms with Crippen LogP contribution in [0.4, 0.5) is 0 Å². The maximum absolute atomic E-state index is 12.1. The SMILES string of the molecule is CC(Oc1cccc(Cl)c1)C(=O)c1ccnn1C. The third-order valence-electron chi connectivity index (χ3n) is 2.55. The van der Waals surface area contributed by atoms with E-state index in [0.717, 1.165) is 0 Å². The van der Waals surface area contributed by atoms with Crippen molar-refractivity contribution >= 4 is 17.4 Å². The van der Waals surface area contributed by atoms with Crippen LogP contribution in [-0.2, 0) is 7.05 Å². The van der Waals surface area contributed by atoms with Gasteiger partial charge in [0.2, 0.25) is 5.78 Å². The number of carbonyl (C=O) groups excluding carboxylic acids is 1. The quantitative estimate of drug-likeness (QED) is 0.798. The fourth-order valence-corrected chi connectivity index (χ4v) is 1.80. The predicted octanol–water partition coefficient (Wildman–Crippen LogP) is 2.72. The number of rotatable bonds is 4. The average molecular weight is 265 g/mol. The Balaban J connectivity index is 2.11. The standard InChI is InChI=1S/C13H13ClN2O2/c1-9(13(17)12-6-7-15-16(12)2)18-11-5-3-4-10(14)8-11/h3-9H,1-2H3. The molecule has 0 bridgehead atoms.